The van der Waals surface area contributed by atoms with E-state index in [-0.39, 0.29) is 29.3 Å². The molecule has 0 bridgehead atoms. The second-order valence-electron chi connectivity index (χ2n) is 3.93. The fraction of sp³-hybridized carbons (Fsp3) is 0.286. The molecule has 0 unspecified atom stereocenters. The number of Topliss-reactive ketones (excluding diaryl/α,β-unsaturated/α-hetero) is 1. The van der Waals surface area contributed by atoms with Crippen molar-refractivity contribution in [1.82, 2.24) is 0 Å². The number of hydrogen-bond acceptors (Lipinski definition) is 6. The van der Waals surface area contributed by atoms with Crippen molar-refractivity contribution < 1.29 is 19.4 Å². The molecule has 0 saturated heterocycles. The number of carbonyl (C=O) groups excluding carboxylic acids is 2. The van der Waals surface area contributed by atoms with Gasteiger partial charge < -0.3 is 9.84 Å². The van der Waals surface area contributed by atoms with Crippen molar-refractivity contribution in [2.75, 3.05) is 6.61 Å². The van der Waals surface area contributed by atoms with E-state index in [9.17, 15) is 14.7 Å². The van der Waals surface area contributed by atoms with Gasteiger partial charge in [-0.25, -0.2) is 4.79 Å². The molecule has 106 valence electrons. The minimum Gasteiger partial charge on any atom is -0.510 e. The minimum absolute atomic E-state index is 0.149. The van der Waals surface area contributed by atoms with E-state index in [0.29, 0.717) is 0 Å². The monoisotopic (exact) mass is 276 g/mol. The normalized spacial score (nSPS) is 12.2. The summed E-state index contributed by atoms with van der Waals surface area (Å²) in [6.45, 7) is 4.56. The zero-order valence-corrected chi connectivity index (χ0v) is 11.6. The SMILES string of the molecule is CCOC(=O)c1ccccc1N=N/C(C(C)=O)=C(/C)O. The molecule has 0 aliphatic heterocycles. The maximum atomic E-state index is 11.7. The van der Waals surface area contributed by atoms with Crippen molar-refractivity contribution in [1.29, 1.82) is 0 Å². The number of azo groups is 1. The molecule has 0 amide bonds. The van der Waals surface area contributed by atoms with Crippen LogP contribution < -0.4 is 0 Å². The molecule has 1 N–H and O–H groups in total. The van der Waals surface area contributed by atoms with Crippen LogP contribution in [0.2, 0.25) is 0 Å². The zero-order chi connectivity index (χ0) is 15.1. The Morgan fingerprint density at radius 2 is 1.90 bits per heavy atom. The second kappa shape index (κ2) is 7.18. The molecule has 20 heavy (non-hydrogen) atoms. The predicted octanol–water partition coefficient (Wildman–Crippen LogP) is 3.33. The van der Waals surface area contributed by atoms with Crippen LogP contribution in [0.4, 0.5) is 5.69 Å². The van der Waals surface area contributed by atoms with Gasteiger partial charge in [-0.15, -0.1) is 10.2 Å². The summed E-state index contributed by atoms with van der Waals surface area (Å²) in [7, 11) is 0. The number of rotatable bonds is 5. The Morgan fingerprint density at radius 1 is 1.25 bits per heavy atom. The molecule has 0 aliphatic carbocycles. The standard InChI is InChI=1S/C14H16N2O4/c1-4-20-14(19)11-7-5-6-8-12(11)15-16-13(9(2)17)10(3)18/h5-8,17H,4H2,1-3H3/b13-9-,16-15?. The van der Waals surface area contributed by atoms with E-state index in [4.69, 9.17) is 4.74 Å². The first-order valence-electron chi connectivity index (χ1n) is 6.06. The summed E-state index contributed by atoms with van der Waals surface area (Å²) in [5.74, 6) is -1.16. The highest BCUT2D eigenvalue weighted by Gasteiger charge is 2.12. The van der Waals surface area contributed by atoms with Gasteiger partial charge in [0, 0.05) is 6.92 Å². The first-order chi connectivity index (χ1) is 9.47. The Morgan fingerprint density at radius 3 is 2.45 bits per heavy atom. The minimum atomic E-state index is -0.517. The van der Waals surface area contributed by atoms with Gasteiger partial charge in [-0.1, -0.05) is 12.1 Å². The number of carbonyl (C=O) groups is 2. The van der Waals surface area contributed by atoms with Gasteiger partial charge in [0.1, 0.15) is 11.4 Å². The molecule has 0 spiro atoms. The van der Waals surface area contributed by atoms with Gasteiger partial charge in [0.05, 0.1) is 12.2 Å². The van der Waals surface area contributed by atoms with Gasteiger partial charge in [0.25, 0.3) is 0 Å². The third-order valence-corrected chi connectivity index (χ3v) is 2.33. The van der Waals surface area contributed by atoms with Crippen LogP contribution in [-0.2, 0) is 9.53 Å². The largest absolute Gasteiger partial charge is 0.510 e. The van der Waals surface area contributed by atoms with E-state index in [1.54, 1.807) is 31.2 Å². The summed E-state index contributed by atoms with van der Waals surface area (Å²) in [5.41, 5.74) is 0.367. The molecule has 6 nitrogen and oxygen atoms in total. The van der Waals surface area contributed by atoms with Crippen LogP contribution in [0.5, 0.6) is 0 Å². The molecule has 0 heterocycles. The first kappa shape index (κ1) is 15.6. The number of esters is 1. The summed E-state index contributed by atoms with van der Waals surface area (Å²) in [6, 6.07) is 6.47. The first-order valence-corrected chi connectivity index (χ1v) is 6.06. The number of hydrogen-bond donors (Lipinski definition) is 1. The molecule has 1 aromatic carbocycles. The molecule has 0 saturated carbocycles. The third-order valence-electron chi connectivity index (χ3n) is 2.33. The number of ketones is 1. The average Bonchev–Trinajstić information content (AvgIpc) is 2.38. The number of nitrogens with zero attached hydrogens (tertiary/aromatic N) is 2. The van der Waals surface area contributed by atoms with Gasteiger partial charge >= 0.3 is 5.97 Å². The Kier molecular flexibility index (Phi) is 5.58. The quantitative estimate of drug-likeness (QED) is 0.386. The lowest BCUT2D eigenvalue weighted by Crippen LogP contribution is -2.04. The van der Waals surface area contributed by atoms with Gasteiger partial charge in [0.2, 0.25) is 0 Å². The van der Waals surface area contributed by atoms with Crippen molar-refractivity contribution in [3.63, 3.8) is 0 Å². The van der Waals surface area contributed by atoms with Crippen molar-refractivity contribution >= 4 is 17.4 Å². The molecule has 6 heteroatoms. The van der Waals surface area contributed by atoms with Crippen molar-refractivity contribution in [3.05, 3.63) is 41.3 Å². The second-order valence-corrected chi connectivity index (χ2v) is 3.93. The molecule has 0 radical (unpaired) electrons. The van der Waals surface area contributed by atoms with E-state index in [1.807, 2.05) is 0 Å². The fourth-order valence-electron chi connectivity index (χ4n) is 1.44. The molecule has 0 fully saturated rings. The summed E-state index contributed by atoms with van der Waals surface area (Å²) in [5, 5.41) is 16.9. The molecular formula is C14H16N2O4. The average molecular weight is 276 g/mol. The Bertz CT molecular complexity index is 572. The number of allylic oxidation sites excluding steroid dienone is 2. The van der Waals surface area contributed by atoms with E-state index in [1.165, 1.54) is 13.8 Å². The van der Waals surface area contributed by atoms with Crippen LogP contribution in [0.25, 0.3) is 0 Å². The third kappa shape index (κ3) is 4.01. The molecule has 0 atom stereocenters. The van der Waals surface area contributed by atoms with Crippen LogP contribution in [0.15, 0.2) is 46.0 Å². The lowest BCUT2D eigenvalue weighted by Gasteiger charge is -2.04. The molecule has 1 aromatic rings. The van der Waals surface area contributed by atoms with E-state index >= 15 is 0 Å². The zero-order valence-electron chi connectivity index (χ0n) is 11.6. The topological polar surface area (TPSA) is 88.3 Å². The summed E-state index contributed by atoms with van der Waals surface area (Å²) in [6.07, 6.45) is 0. The van der Waals surface area contributed by atoms with Crippen LogP contribution >= 0.6 is 0 Å². The predicted molar refractivity (Wildman–Crippen MR) is 72.9 cm³/mol. The molecule has 1 rings (SSSR count). The highest BCUT2D eigenvalue weighted by molar-refractivity contribution is 5.95. The molecule has 0 aliphatic rings. The Labute approximate surface area is 116 Å². The van der Waals surface area contributed by atoms with Crippen LogP contribution in [0.3, 0.4) is 0 Å². The van der Waals surface area contributed by atoms with Crippen LogP contribution in [0.1, 0.15) is 31.1 Å². The number of ether oxygens (including phenoxy) is 1. The van der Waals surface area contributed by atoms with E-state index in [2.05, 4.69) is 10.2 Å². The van der Waals surface area contributed by atoms with Gasteiger partial charge in [-0.3, -0.25) is 4.79 Å². The van der Waals surface area contributed by atoms with E-state index in [0.717, 1.165) is 0 Å². The molecular weight excluding hydrogens is 260 g/mol. The van der Waals surface area contributed by atoms with E-state index < -0.39 is 11.8 Å². The van der Waals surface area contributed by atoms with Crippen molar-refractivity contribution in [2.24, 2.45) is 10.2 Å². The lowest BCUT2D eigenvalue weighted by atomic mass is 10.2. The maximum Gasteiger partial charge on any atom is 0.340 e. The Balaban J connectivity index is 3.13. The maximum absolute atomic E-state index is 11.7. The van der Waals surface area contributed by atoms with Crippen molar-refractivity contribution in [3.8, 4) is 0 Å². The highest BCUT2D eigenvalue weighted by atomic mass is 16.5. The van der Waals surface area contributed by atoms with Crippen molar-refractivity contribution in [2.45, 2.75) is 20.8 Å². The number of benzene rings is 1. The van der Waals surface area contributed by atoms with Gasteiger partial charge in [0.15, 0.2) is 11.5 Å². The summed E-state index contributed by atoms with van der Waals surface area (Å²) >= 11 is 0. The highest BCUT2D eigenvalue weighted by Crippen LogP contribution is 2.21. The smallest absolute Gasteiger partial charge is 0.340 e. The summed E-state index contributed by atoms with van der Waals surface area (Å²) < 4.78 is 4.90. The molecule has 0 aromatic heterocycles. The fourth-order valence-corrected chi connectivity index (χ4v) is 1.44. The Hall–Kier alpha value is -2.50. The lowest BCUT2D eigenvalue weighted by molar-refractivity contribution is -0.113. The van der Waals surface area contributed by atoms with Crippen LogP contribution in [0, 0.1) is 0 Å². The number of aliphatic hydroxyl groups excluding tert-OH is 1. The van der Waals surface area contributed by atoms with Gasteiger partial charge in [-0.2, -0.15) is 0 Å². The number of aliphatic hydroxyl groups is 1. The van der Waals surface area contributed by atoms with Crippen LogP contribution in [-0.4, -0.2) is 23.5 Å². The summed E-state index contributed by atoms with van der Waals surface area (Å²) in [4.78, 5) is 23.0. The van der Waals surface area contributed by atoms with Gasteiger partial charge in [-0.05, 0) is 26.0 Å².